The van der Waals surface area contributed by atoms with Gasteiger partial charge in [-0.15, -0.1) is 0 Å². The van der Waals surface area contributed by atoms with E-state index in [2.05, 4.69) is 20.4 Å². The van der Waals surface area contributed by atoms with Crippen LogP contribution in [0.3, 0.4) is 0 Å². The van der Waals surface area contributed by atoms with Crippen LogP contribution in [0.4, 0.5) is 5.13 Å². The molecule has 1 heterocycles. The number of rotatable bonds is 6. The standard InChI is InChI=1S/C11H14ClN3O3S/c1-18-10(17)8-9(12)15-11(19-8)13-5-4-7(16)14-6-2-3-6/h6H,2-5H2,1H3,(H,13,15)(H,14,16). The highest BCUT2D eigenvalue weighted by atomic mass is 35.5. The fourth-order valence-corrected chi connectivity index (χ4v) is 2.53. The molecule has 0 saturated heterocycles. The molecule has 0 spiro atoms. The summed E-state index contributed by atoms with van der Waals surface area (Å²) in [7, 11) is 1.29. The molecular weight excluding hydrogens is 290 g/mol. The van der Waals surface area contributed by atoms with E-state index in [1.54, 1.807) is 0 Å². The largest absolute Gasteiger partial charge is 0.465 e. The number of aromatic nitrogens is 1. The predicted molar refractivity (Wildman–Crippen MR) is 72.7 cm³/mol. The van der Waals surface area contributed by atoms with E-state index >= 15 is 0 Å². The van der Waals surface area contributed by atoms with Crippen molar-refractivity contribution < 1.29 is 14.3 Å². The number of anilines is 1. The van der Waals surface area contributed by atoms with E-state index in [1.165, 1.54) is 7.11 Å². The number of halogens is 1. The quantitative estimate of drug-likeness (QED) is 0.781. The Morgan fingerprint density at radius 2 is 2.26 bits per heavy atom. The molecule has 0 aliphatic heterocycles. The molecule has 1 aromatic rings. The molecule has 1 aliphatic rings. The molecule has 0 bridgehead atoms. The number of amides is 1. The van der Waals surface area contributed by atoms with Crippen LogP contribution in [0.2, 0.25) is 5.15 Å². The van der Waals surface area contributed by atoms with Crippen LogP contribution in [0.5, 0.6) is 0 Å². The molecule has 0 atom stereocenters. The van der Waals surface area contributed by atoms with Crippen molar-refractivity contribution in [2.75, 3.05) is 19.0 Å². The fraction of sp³-hybridized carbons (Fsp3) is 0.545. The van der Waals surface area contributed by atoms with Gasteiger partial charge in [-0.25, -0.2) is 9.78 Å². The summed E-state index contributed by atoms with van der Waals surface area (Å²) in [6.45, 7) is 0.447. The second-order valence-corrected chi connectivity index (χ2v) is 5.51. The number of methoxy groups -OCH3 is 1. The molecule has 104 valence electrons. The normalized spacial score (nSPS) is 14.0. The number of carbonyl (C=O) groups is 2. The number of esters is 1. The summed E-state index contributed by atoms with van der Waals surface area (Å²) in [4.78, 5) is 27.0. The molecule has 8 heteroatoms. The molecule has 6 nitrogen and oxygen atoms in total. The van der Waals surface area contributed by atoms with Crippen molar-refractivity contribution >= 4 is 39.9 Å². The van der Waals surface area contributed by atoms with Crippen molar-refractivity contribution in [1.29, 1.82) is 0 Å². The number of hydrogen-bond donors (Lipinski definition) is 2. The number of ether oxygens (including phenoxy) is 1. The van der Waals surface area contributed by atoms with Gasteiger partial charge in [0.15, 0.2) is 15.2 Å². The lowest BCUT2D eigenvalue weighted by Crippen LogP contribution is -2.27. The predicted octanol–water partition coefficient (Wildman–Crippen LogP) is 1.66. The average Bonchev–Trinajstić information content (AvgIpc) is 3.10. The Kier molecular flexibility index (Phi) is 4.60. The van der Waals surface area contributed by atoms with Crippen LogP contribution in [-0.4, -0.2) is 36.6 Å². The highest BCUT2D eigenvalue weighted by molar-refractivity contribution is 7.18. The van der Waals surface area contributed by atoms with E-state index in [4.69, 9.17) is 11.6 Å². The number of hydrogen-bond acceptors (Lipinski definition) is 6. The number of nitrogens with one attached hydrogen (secondary N) is 2. The number of thiazole rings is 1. The van der Waals surface area contributed by atoms with E-state index < -0.39 is 5.97 Å². The molecule has 1 fully saturated rings. The maximum atomic E-state index is 11.4. The van der Waals surface area contributed by atoms with Gasteiger partial charge in [0.1, 0.15) is 0 Å². The summed E-state index contributed by atoms with van der Waals surface area (Å²) in [5.74, 6) is -0.493. The van der Waals surface area contributed by atoms with Crippen LogP contribution in [0.1, 0.15) is 28.9 Å². The molecule has 1 aromatic heterocycles. The molecule has 19 heavy (non-hydrogen) atoms. The van der Waals surface area contributed by atoms with Crippen molar-refractivity contribution in [1.82, 2.24) is 10.3 Å². The van der Waals surface area contributed by atoms with Gasteiger partial charge >= 0.3 is 5.97 Å². The molecule has 1 saturated carbocycles. The summed E-state index contributed by atoms with van der Waals surface area (Å²) < 4.78 is 4.58. The highest BCUT2D eigenvalue weighted by Gasteiger charge is 2.23. The first-order valence-electron chi connectivity index (χ1n) is 5.88. The molecule has 1 aliphatic carbocycles. The highest BCUT2D eigenvalue weighted by Crippen LogP contribution is 2.27. The van der Waals surface area contributed by atoms with Crippen LogP contribution in [0, 0.1) is 0 Å². The Balaban J connectivity index is 1.79. The molecule has 2 rings (SSSR count). The molecule has 0 aromatic carbocycles. The maximum Gasteiger partial charge on any atom is 0.351 e. The summed E-state index contributed by atoms with van der Waals surface area (Å²) in [5.41, 5.74) is 0. The Morgan fingerprint density at radius 3 is 2.89 bits per heavy atom. The van der Waals surface area contributed by atoms with Gasteiger partial charge in [-0.2, -0.15) is 0 Å². The van der Waals surface area contributed by atoms with Gasteiger partial charge in [0, 0.05) is 19.0 Å². The molecular formula is C11H14ClN3O3S. The van der Waals surface area contributed by atoms with Gasteiger partial charge in [0.25, 0.3) is 0 Å². The second-order valence-electron chi connectivity index (χ2n) is 4.15. The Morgan fingerprint density at radius 1 is 1.53 bits per heavy atom. The Bertz CT molecular complexity index is 488. The zero-order valence-electron chi connectivity index (χ0n) is 10.4. The monoisotopic (exact) mass is 303 g/mol. The molecule has 0 unspecified atom stereocenters. The lowest BCUT2D eigenvalue weighted by molar-refractivity contribution is -0.120. The summed E-state index contributed by atoms with van der Waals surface area (Å²) in [6.07, 6.45) is 2.51. The van der Waals surface area contributed by atoms with E-state index in [-0.39, 0.29) is 15.9 Å². The lowest BCUT2D eigenvalue weighted by Gasteiger charge is -2.03. The SMILES string of the molecule is COC(=O)c1sc(NCCC(=O)NC2CC2)nc1Cl. The zero-order chi connectivity index (χ0) is 13.8. The minimum Gasteiger partial charge on any atom is -0.465 e. The number of nitrogens with zero attached hydrogens (tertiary/aromatic N) is 1. The number of carbonyl (C=O) groups excluding carboxylic acids is 2. The van der Waals surface area contributed by atoms with Crippen molar-refractivity contribution in [2.24, 2.45) is 0 Å². The van der Waals surface area contributed by atoms with Crippen molar-refractivity contribution in [3.63, 3.8) is 0 Å². The van der Waals surface area contributed by atoms with Gasteiger partial charge in [0.2, 0.25) is 5.91 Å². The summed E-state index contributed by atoms with van der Waals surface area (Å²) in [5, 5.41) is 6.47. The van der Waals surface area contributed by atoms with Crippen LogP contribution >= 0.6 is 22.9 Å². The van der Waals surface area contributed by atoms with E-state index in [1.807, 2.05) is 0 Å². The Labute approximate surface area is 119 Å². The lowest BCUT2D eigenvalue weighted by atomic mass is 10.4. The van der Waals surface area contributed by atoms with Crippen LogP contribution in [-0.2, 0) is 9.53 Å². The first-order chi connectivity index (χ1) is 9.10. The third-order valence-electron chi connectivity index (χ3n) is 2.53. The van der Waals surface area contributed by atoms with Crippen molar-refractivity contribution in [3.8, 4) is 0 Å². The molecule has 0 radical (unpaired) electrons. The van der Waals surface area contributed by atoms with Crippen LogP contribution in [0.15, 0.2) is 0 Å². The van der Waals surface area contributed by atoms with Crippen LogP contribution in [0.25, 0.3) is 0 Å². The third kappa shape index (κ3) is 4.07. The fourth-order valence-electron chi connectivity index (χ4n) is 1.41. The second kappa shape index (κ2) is 6.21. The topological polar surface area (TPSA) is 80.3 Å². The maximum absolute atomic E-state index is 11.4. The first kappa shape index (κ1) is 14.1. The van der Waals surface area contributed by atoms with Gasteiger partial charge in [-0.1, -0.05) is 22.9 Å². The van der Waals surface area contributed by atoms with E-state index in [0.29, 0.717) is 24.1 Å². The molecule has 1 amide bonds. The van der Waals surface area contributed by atoms with Crippen LogP contribution < -0.4 is 10.6 Å². The smallest absolute Gasteiger partial charge is 0.351 e. The van der Waals surface area contributed by atoms with Crippen molar-refractivity contribution in [2.45, 2.75) is 25.3 Å². The van der Waals surface area contributed by atoms with Gasteiger partial charge in [-0.3, -0.25) is 4.79 Å². The zero-order valence-corrected chi connectivity index (χ0v) is 11.9. The van der Waals surface area contributed by atoms with Gasteiger partial charge in [-0.05, 0) is 12.8 Å². The van der Waals surface area contributed by atoms with E-state index in [9.17, 15) is 9.59 Å². The minimum atomic E-state index is -0.512. The Hall–Kier alpha value is -1.34. The molecule has 2 N–H and O–H groups in total. The third-order valence-corrected chi connectivity index (χ3v) is 3.91. The van der Waals surface area contributed by atoms with Crippen molar-refractivity contribution in [3.05, 3.63) is 10.0 Å². The van der Waals surface area contributed by atoms with Gasteiger partial charge in [0.05, 0.1) is 7.11 Å². The van der Waals surface area contributed by atoms with Gasteiger partial charge < -0.3 is 15.4 Å². The summed E-state index contributed by atoms with van der Waals surface area (Å²) in [6, 6.07) is 0.368. The van der Waals surface area contributed by atoms with E-state index in [0.717, 1.165) is 24.2 Å². The average molecular weight is 304 g/mol. The first-order valence-corrected chi connectivity index (χ1v) is 7.07. The minimum absolute atomic E-state index is 0.0193. The summed E-state index contributed by atoms with van der Waals surface area (Å²) >= 11 is 6.93.